The second-order valence-electron chi connectivity index (χ2n) is 5.79. The molecule has 0 saturated carbocycles. The average Bonchev–Trinajstić information content (AvgIpc) is 2.59. The van der Waals surface area contributed by atoms with Crippen LogP contribution < -0.4 is 10.6 Å². The lowest BCUT2D eigenvalue weighted by Crippen LogP contribution is -2.31. The molecule has 0 aliphatic heterocycles. The van der Waals surface area contributed by atoms with Gasteiger partial charge in [-0.2, -0.15) is 0 Å². The maximum atomic E-state index is 12.0. The summed E-state index contributed by atoms with van der Waals surface area (Å²) in [6, 6.07) is 10.8. The van der Waals surface area contributed by atoms with Gasteiger partial charge in [-0.05, 0) is 48.9 Å². The summed E-state index contributed by atoms with van der Waals surface area (Å²) in [5, 5.41) is 6.23. The summed E-state index contributed by atoms with van der Waals surface area (Å²) in [4.78, 5) is 35.0. The molecular formula is C19H18Cl2N2O4. The maximum absolute atomic E-state index is 12.0. The van der Waals surface area contributed by atoms with E-state index >= 15 is 0 Å². The van der Waals surface area contributed by atoms with Crippen LogP contribution in [0.4, 0.5) is 5.69 Å². The topological polar surface area (TPSA) is 84.5 Å². The van der Waals surface area contributed by atoms with Crippen LogP contribution in [-0.2, 0) is 14.3 Å². The number of anilines is 1. The van der Waals surface area contributed by atoms with Crippen LogP contribution in [-0.4, -0.2) is 24.4 Å². The molecule has 2 aromatic carbocycles. The molecule has 0 aromatic heterocycles. The van der Waals surface area contributed by atoms with E-state index in [1.807, 2.05) is 0 Å². The SMILES string of the molecule is CC(=O)Nc1ccc(C(=O)OCC(=O)N[C@@H](C)c2ccc(Cl)cc2Cl)cc1. The van der Waals surface area contributed by atoms with Crippen LogP contribution in [0.2, 0.25) is 10.0 Å². The zero-order valence-electron chi connectivity index (χ0n) is 14.7. The predicted octanol–water partition coefficient (Wildman–Crippen LogP) is 3.99. The van der Waals surface area contributed by atoms with Crippen LogP contribution in [0.1, 0.15) is 35.8 Å². The van der Waals surface area contributed by atoms with E-state index in [1.165, 1.54) is 19.1 Å². The number of rotatable bonds is 6. The fraction of sp³-hybridized carbons (Fsp3) is 0.211. The Morgan fingerprint density at radius 1 is 1.07 bits per heavy atom. The Labute approximate surface area is 166 Å². The normalized spacial score (nSPS) is 11.4. The number of nitrogens with one attached hydrogen (secondary N) is 2. The van der Waals surface area contributed by atoms with E-state index in [4.69, 9.17) is 27.9 Å². The van der Waals surface area contributed by atoms with Gasteiger partial charge in [-0.3, -0.25) is 9.59 Å². The van der Waals surface area contributed by atoms with Gasteiger partial charge < -0.3 is 15.4 Å². The molecule has 0 aliphatic carbocycles. The first-order chi connectivity index (χ1) is 12.8. The number of carbonyl (C=O) groups is 3. The summed E-state index contributed by atoms with van der Waals surface area (Å²) in [5.74, 6) is -1.31. The zero-order chi connectivity index (χ0) is 20.0. The highest BCUT2D eigenvalue weighted by Crippen LogP contribution is 2.26. The number of benzene rings is 2. The first-order valence-electron chi connectivity index (χ1n) is 8.05. The molecule has 8 heteroatoms. The third-order valence-corrected chi connectivity index (χ3v) is 4.14. The molecule has 2 rings (SSSR count). The molecule has 0 saturated heterocycles. The van der Waals surface area contributed by atoms with Crippen molar-refractivity contribution >= 4 is 46.7 Å². The second kappa shape index (κ2) is 9.39. The Balaban J connectivity index is 1.87. The second-order valence-corrected chi connectivity index (χ2v) is 6.63. The molecule has 2 aromatic rings. The van der Waals surface area contributed by atoms with Gasteiger partial charge in [-0.15, -0.1) is 0 Å². The molecular weight excluding hydrogens is 391 g/mol. The molecule has 0 aliphatic rings. The quantitative estimate of drug-likeness (QED) is 0.707. The van der Waals surface area contributed by atoms with Gasteiger partial charge >= 0.3 is 5.97 Å². The molecule has 6 nitrogen and oxygen atoms in total. The minimum Gasteiger partial charge on any atom is -0.452 e. The maximum Gasteiger partial charge on any atom is 0.338 e. The van der Waals surface area contributed by atoms with Crippen molar-refractivity contribution in [3.8, 4) is 0 Å². The fourth-order valence-electron chi connectivity index (χ4n) is 2.32. The minimum absolute atomic E-state index is 0.211. The van der Waals surface area contributed by atoms with E-state index in [-0.39, 0.29) is 17.5 Å². The number of ether oxygens (including phenoxy) is 1. The van der Waals surface area contributed by atoms with Gasteiger partial charge in [0.2, 0.25) is 5.91 Å². The van der Waals surface area contributed by atoms with Gasteiger partial charge in [-0.1, -0.05) is 29.3 Å². The van der Waals surface area contributed by atoms with E-state index < -0.39 is 18.5 Å². The van der Waals surface area contributed by atoms with Crippen LogP contribution in [0.25, 0.3) is 0 Å². The Kier molecular flexibility index (Phi) is 7.21. The first-order valence-corrected chi connectivity index (χ1v) is 8.81. The number of hydrogen-bond donors (Lipinski definition) is 2. The van der Waals surface area contributed by atoms with E-state index in [1.54, 1.807) is 37.3 Å². The van der Waals surface area contributed by atoms with Crippen molar-refractivity contribution in [2.45, 2.75) is 19.9 Å². The molecule has 0 bridgehead atoms. The fourth-order valence-corrected chi connectivity index (χ4v) is 2.89. The Morgan fingerprint density at radius 3 is 2.33 bits per heavy atom. The average molecular weight is 409 g/mol. The summed E-state index contributed by atoms with van der Waals surface area (Å²) in [6.45, 7) is 2.72. The van der Waals surface area contributed by atoms with E-state index in [0.29, 0.717) is 21.3 Å². The van der Waals surface area contributed by atoms with Crippen LogP contribution >= 0.6 is 23.2 Å². The number of halogens is 2. The standard InChI is InChI=1S/C19H18Cl2N2O4/c1-11(16-8-5-14(20)9-17(16)21)22-18(25)10-27-19(26)13-3-6-15(7-4-13)23-12(2)24/h3-9,11H,10H2,1-2H3,(H,22,25)(H,23,24)/t11-/m0/s1. The summed E-state index contributed by atoms with van der Waals surface area (Å²) >= 11 is 12.0. The number of esters is 1. The van der Waals surface area contributed by atoms with E-state index in [9.17, 15) is 14.4 Å². The summed E-state index contributed by atoms with van der Waals surface area (Å²) < 4.78 is 5.00. The lowest BCUT2D eigenvalue weighted by Gasteiger charge is -2.16. The molecule has 27 heavy (non-hydrogen) atoms. The van der Waals surface area contributed by atoms with Crippen molar-refractivity contribution in [3.63, 3.8) is 0 Å². The molecule has 2 amide bonds. The van der Waals surface area contributed by atoms with Gasteiger partial charge in [0.1, 0.15) is 0 Å². The van der Waals surface area contributed by atoms with Gasteiger partial charge in [-0.25, -0.2) is 4.79 Å². The van der Waals surface area contributed by atoms with E-state index in [0.717, 1.165) is 0 Å². The monoisotopic (exact) mass is 408 g/mol. The van der Waals surface area contributed by atoms with Gasteiger partial charge in [0, 0.05) is 22.7 Å². The van der Waals surface area contributed by atoms with Gasteiger partial charge in [0.25, 0.3) is 5.91 Å². The van der Waals surface area contributed by atoms with Gasteiger partial charge in [0.15, 0.2) is 6.61 Å². The zero-order valence-corrected chi connectivity index (χ0v) is 16.2. The summed E-state index contributed by atoms with van der Waals surface area (Å²) in [5.41, 5.74) is 1.53. The first kappa shape index (κ1) is 20.7. The molecule has 0 fully saturated rings. The smallest absolute Gasteiger partial charge is 0.338 e. The molecule has 142 valence electrons. The van der Waals surface area contributed by atoms with Crippen LogP contribution in [0.15, 0.2) is 42.5 Å². The van der Waals surface area contributed by atoms with Crippen molar-refractivity contribution in [2.24, 2.45) is 0 Å². The number of hydrogen-bond acceptors (Lipinski definition) is 4. The van der Waals surface area contributed by atoms with Crippen LogP contribution in [0.5, 0.6) is 0 Å². The Morgan fingerprint density at radius 2 is 1.74 bits per heavy atom. The highest BCUT2D eigenvalue weighted by Gasteiger charge is 2.15. The molecule has 0 heterocycles. The van der Waals surface area contributed by atoms with E-state index in [2.05, 4.69) is 10.6 Å². The third kappa shape index (κ3) is 6.27. The number of carbonyl (C=O) groups excluding carboxylic acids is 3. The molecule has 2 N–H and O–H groups in total. The largest absolute Gasteiger partial charge is 0.452 e. The lowest BCUT2D eigenvalue weighted by molar-refractivity contribution is -0.124. The lowest BCUT2D eigenvalue weighted by atomic mass is 10.1. The van der Waals surface area contributed by atoms with Crippen molar-refractivity contribution in [1.29, 1.82) is 0 Å². The number of amides is 2. The highest BCUT2D eigenvalue weighted by atomic mass is 35.5. The summed E-state index contributed by atoms with van der Waals surface area (Å²) in [6.07, 6.45) is 0. The van der Waals surface area contributed by atoms with Crippen molar-refractivity contribution < 1.29 is 19.1 Å². The Bertz CT molecular complexity index is 853. The minimum atomic E-state index is -0.642. The molecule has 0 radical (unpaired) electrons. The molecule has 0 spiro atoms. The third-order valence-electron chi connectivity index (χ3n) is 3.58. The van der Waals surface area contributed by atoms with Crippen molar-refractivity contribution in [1.82, 2.24) is 5.32 Å². The molecule has 0 unspecified atom stereocenters. The Hall–Kier alpha value is -2.57. The highest BCUT2D eigenvalue weighted by molar-refractivity contribution is 6.35. The summed E-state index contributed by atoms with van der Waals surface area (Å²) in [7, 11) is 0. The predicted molar refractivity (Wildman–Crippen MR) is 104 cm³/mol. The molecule has 1 atom stereocenters. The van der Waals surface area contributed by atoms with Gasteiger partial charge in [0.05, 0.1) is 11.6 Å². The van der Waals surface area contributed by atoms with Crippen molar-refractivity contribution in [2.75, 3.05) is 11.9 Å². The van der Waals surface area contributed by atoms with Crippen molar-refractivity contribution in [3.05, 3.63) is 63.6 Å². The van der Waals surface area contributed by atoms with Crippen LogP contribution in [0.3, 0.4) is 0 Å². The van der Waals surface area contributed by atoms with Crippen LogP contribution in [0, 0.1) is 0 Å².